The quantitative estimate of drug-likeness (QED) is 0.333. The van der Waals surface area contributed by atoms with Gasteiger partial charge in [0.05, 0.1) is 19.8 Å². The zero-order valence-corrected chi connectivity index (χ0v) is 9.53. The van der Waals surface area contributed by atoms with E-state index in [0.717, 1.165) is 6.08 Å². The molecule has 0 rings (SSSR count). The highest BCUT2D eigenvalue weighted by Crippen LogP contribution is 1.98. The molecule has 0 bridgehead atoms. The van der Waals surface area contributed by atoms with Crippen molar-refractivity contribution in [2.45, 2.75) is 26.4 Å². The van der Waals surface area contributed by atoms with Crippen molar-refractivity contribution in [3.8, 4) is 0 Å². The fraction of sp³-hybridized carbons (Fsp3) is 0.727. The Bertz CT molecular complexity index is 179. The van der Waals surface area contributed by atoms with Crippen LogP contribution < -0.4 is 0 Å². The fourth-order valence-corrected chi connectivity index (χ4v) is 0.919. The summed E-state index contributed by atoms with van der Waals surface area (Å²) in [6.07, 6.45) is 1.71. The number of ether oxygens (including phenoxy) is 3. The largest absolute Gasteiger partial charge is 0.459 e. The van der Waals surface area contributed by atoms with Gasteiger partial charge in [0.25, 0.3) is 0 Å². The lowest BCUT2D eigenvalue weighted by Gasteiger charge is -2.11. The molecular weight excluding hydrogens is 196 g/mol. The molecule has 0 radical (unpaired) electrons. The van der Waals surface area contributed by atoms with Gasteiger partial charge >= 0.3 is 5.97 Å². The van der Waals surface area contributed by atoms with Crippen LogP contribution in [0.1, 0.15) is 20.3 Å². The Kier molecular flexibility index (Phi) is 9.11. The van der Waals surface area contributed by atoms with Crippen molar-refractivity contribution in [2.24, 2.45) is 0 Å². The van der Waals surface area contributed by atoms with Crippen LogP contribution in [0.5, 0.6) is 0 Å². The van der Waals surface area contributed by atoms with E-state index < -0.39 is 5.97 Å². The molecule has 0 spiro atoms. The van der Waals surface area contributed by atoms with E-state index >= 15 is 0 Å². The van der Waals surface area contributed by atoms with Crippen LogP contribution in [0, 0.1) is 0 Å². The Balaban J connectivity index is 3.27. The third-order valence-corrected chi connectivity index (χ3v) is 1.73. The van der Waals surface area contributed by atoms with Gasteiger partial charge in [-0.1, -0.05) is 6.58 Å². The molecule has 0 aromatic rings. The zero-order valence-electron chi connectivity index (χ0n) is 9.53. The summed E-state index contributed by atoms with van der Waals surface area (Å²) in [5.74, 6) is -0.392. The lowest BCUT2D eigenvalue weighted by Crippen LogP contribution is -2.16. The SMILES string of the molecule is C=CC(=O)OC(C)CCOCCOCC. The van der Waals surface area contributed by atoms with Gasteiger partial charge in [-0.3, -0.25) is 0 Å². The molecule has 0 aliphatic heterocycles. The third kappa shape index (κ3) is 9.43. The van der Waals surface area contributed by atoms with Crippen molar-refractivity contribution in [1.82, 2.24) is 0 Å². The summed E-state index contributed by atoms with van der Waals surface area (Å²) in [5.41, 5.74) is 0. The second kappa shape index (κ2) is 9.68. The van der Waals surface area contributed by atoms with Crippen LogP contribution in [0.3, 0.4) is 0 Å². The van der Waals surface area contributed by atoms with Crippen LogP contribution in [0.4, 0.5) is 0 Å². The maximum Gasteiger partial charge on any atom is 0.330 e. The Morgan fingerprint density at radius 3 is 2.60 bits per heavy atom. The topological polar surface area (TPSA) is 44.8 Å². The first kappa shape index (κ1) is 14.1. The molecule has 0 aromatic carbocycles. The van der Waals surface area contributed by atoms with Crippen molar-refractivity contribution in [3.05, 3.63) is 12.7 Å². The number of hydrogen-bond donors (Lipinski definition) is 0. The van der Waals surface area contributed by atoms with Crippen molar-refractivity contribution >= 4 is 5.97 Å². The Morgan fingerprint density at radius 1 is 1.33 bits per heavy atom. The van der Waals surface area contributed by atoms with E-state index in [1.54, 1.807) is 0 Å². The van der Waals surface area contributed by atoms with Crippen LogP contribution in [0.2, 0.25) is 0 Å². The molecule has 88 valence electrons. The summed E-state index contributed by atoms with van der Waals surface area (Å²) in [7, 11) is 0. The van der Waals surface area contributed by atoms with Gasteiger partial charge in [0, 0.05) is 19.1 Å². The van der Waals surface area contributed by atoms with Gasteiger partial charge < -0.3 is 14.2 Å². The van der Waals surface area contributed by atoms with Gasteiger partial charge in [0.2, 0.25) is 0 Å². The molecule has 15 heavy (non-hydrogen) atoms. The van der Waals surface area contributed by atoms with Gasteiger partial charge in [-0.2, -0.15) is 0 Å². The van der Waals surface area contributed by atoms with E-state index in [4.69, 9.17) is 14.2 Å². The molecule has 0 amide bonds. The van der Waals surface area contributed by atoms with E-state index in [2.05, 4.69) is 6.58 Å². The maximum atomic E-state index is 10.8. The second-order valence-electron chi connectivity index (χ2n) is 3.05. The lowest BCUT2D eigenvalue weighted by molar-refractivity contribution is -0.142. The van der Waals surface area contributed by atoms with E-state index in [1.807, 2.05) is 13.8 Å². The molecule has 1 atom stereocenters. The highest BCUT2D eigenvalue weighted by molar-refractivity contribution is 5.81. The lowest BCUT2D eigenvalue weighted by atomic mass is 10.3. The molecule has 0 aliphatic rings. The predicted molar refractivity (Wildman–Crippen MR) is 57.7 cm³/mol. The molecule has 0 aliphatic carbocycles. The Hall–Kier alpha value is -0.870. The Labute approximate surface area is 91.2 Å². The third-order valence-electron chi connectivity index (χ3n) is 1.73. The van der Waals surface area contributed by atoms with Crippen molar-refractivity contribution < 1.29 is 19.0 Å². The average molecular weight is 216 g/mol. The minimum Gasteiger partial charge on any atom is -0.459 e. The summed E-state index contributed by atoms with van der Waals surface area (Å²) in [5, 5.41) is 0. The van der Waals surface area contributed by atoms with E-state index in [1.165, 1.54) is 0 Å². The van der Waals surface area contributed by atoms with Gasteiger partial charge in [0.1, 0.15) is 6.10 Å². The number of carbonyl (C=O) groups excluding carboxylic acids is 1. The first-order valence-corrected chi connectivity index (χ1v) is 5.19. The van der Waals surface area contributed by atoms with E-state index in [-0.39, 0.29) is 6.10 Å². The number of esters is 1. The molecule has 0 aromatic heterocycles. The van der Waals surface area contributed by atoms with Crippen LogP contribution >= 0.6 is 0 Å². The van der Waals surface area contributed by atoms with Crippen LogP contribution in [0.25, 0.3) is 0 Å². The molecule has 4 nitrogen and oxygen atoms in total. The maximum absolute atomic E-state index is 10.8. The minimum atomic E-state index is -0.392. The molecule has 0 saturated carbocycles. The van der Waals surface area contributed by atoms with Gasteiger partial charge in [-0.05, 0) is 13.8 Å². The van der Waals surface area contributed by atoms with Gasteiger partial charge in [-0.15, -0.1) is 0 Å². The minimum absolute atomic E-state index is 0.136. The van der Waals surface area contributed by atoms with Crippen LogP contribution in [-0.2, 0) is 19.0 Å². The molecule has 0 fully saturated rings. The first-order valence-electron chi connectivity index (χ1n) is 5.19. The predicted octanol–water partition coefficient (Wildman–Crippen LogP) is 1.55. The smallest absolute Gasteiger partial charge is 0.330 e. The zero-order chi connectivity index (χ0) is 11.5. The highest BCUT2D eigenvalue weighted by atomic mass is 16.5. The molecule has 0 heterocycles. The highest BCUT2D eigenvalue weighted by Gasteiger charge is 2.05. The number of carbonyl (C=O) groups is 1. The number of hydrogen-bond acceptors (Lipinski definition) is 4. The standard InChI is InChI=1S/C11H20O4/c1-4-11(12)15-10(3)6-7-14-9-8-13-5-2/h4,10H,1,5-9H2,2-3H3. The van der Waals surface area contributed by atoms with Gasteiger partial charge in [-0.25, -0.2) is 4.79 Å². The van der Waals surface area contributed by atoms with Gasteiger partial charge in [0.15, 0.2) is 0 Å². The average Bonchev–Trinajstić information content (AvgIpc) is 2.23. The molecule has 4 heteroatoms. The van der Waals surface area contributed by atoms with Crippen molar-refractivity contribution in [3.63, 3.8) is 0 Å². The van der Waals surface area contributed by atoms with E-state index in [0.29, 0.717) is 32.8 Å². The normalized spacial score (nSPS) is 12.1. The summed E-state index contributed by atoms with van der Waals surface area (Å²) in [6.45, 7) is 9.55. The molecule has 0 N–H and O–H groups in total. The van der Waals surface area contributed by atoms with Crippen LogP contribution in [0.15, 0.2) is 12.7 Å². The summed E-state index contributed by atoms with van der Waals surface area (Å²) in [4.78, 5) is 10.8. The van der Waals surface area contributed by atoms with Crippen molar-refractivity contribution in [1.29, 1.82) is 0 Å². The van der Waals surface area contributed by atoms with Crippen LogP contribution in [-0.4, -0.2) is 38.5 Å². The molecular formula is C11H20O4. The Morgan fingerprint density at radius 2 is 2.00 bits per heavy atom. The van der Waals surface area contributed by atoms with Crippen molar-refractivity contribution in [2.75, 3.05) is 26.4 Å². The monoisotopic (exact) mass is 216 g/mol. The molecule has 0 saturated heterocycles. The first-order chi connectivity index (χ1) is 7.20. The van der Waals surface area contributed by atoms with E-state index in [9.17, 15) is 4.79 Å². The number of rotatable bonds is 9. The summed E-state index contributed by atoms with van der Waals surface area (Å²) >= 11 is 0. The molecule has 1 unspecified atom stereocenters. The summed E-state index contributed by atoms with van der Waals surface area (Å²) in [6, 6.07) is 0. The second-order valence-corrected chi connectivity index (χ2v) is 3.05. The fourth-order valence-electron chi connectivity index (χ4n) is 0.919. The summed E-state index contributed by atoms with van der Waals surface area (Å²) < 4.78 is 15.3.